The minimum atomic E-state index is -0.554. The SMILES string of the molecule is COC(=O)c1c(-c2ccccc2)c2cc(Br)ccc2c(=O)n1CC1CCCN(C(C)=O)C1. The van der Waals surface area contributed by atoms with Gasteiger partial charge in [-0.3, -0.25) is 9.59 Å². The number of hydrogen-bond donors (Lipinski definition) is 0. The summed E-state index contributed by atoms with van der Waals surface area (Å²) in [6.07, 6.45) is 1.76. The van der Waals surface area contributed by atoms with Gasteiger partial charge in [0.2, 0.25) is 5.91 Å². The molecule has 2 aromatic carbocycles. The molecule has 2 heterocycles. The van der Waals surface area contributed by atoms with E-state index in [0.717, 1.165) is 29.4 Å². The maximum atomic E-state index is 13.6. The average Bonchev–Trinajstić information content (AvgIpc) is 2.80. The third-order valence-corrected chi connectivity index (χ3v) is 6.57. The van der Waals surface area contributed by atoms with Gasteiger partial charge in [0.25, 0.3) is 5.56 Å². The van der Waals surface area contributed by atoms with Crippen molar-refractivity contribution in [3.63, 3.8) is 0 Å². The number of benzene rings is 2. The summed E-state index contributed by atoms with van der Waals surface area (Å²) < 4.78 is 7.52. The number of nitrogens with zero attached hydrogens (tertiary/aromatic N) is 2. The number of carbonyl (C=O) groups excluding carboxylic acids is 2. The Morgan fingerprint density at radius 3 is 2.56 bits per heavy atom. The van der Waals surface area contributed by atoms with E-state index in [1.54, 1.807) is 17.6 Å². The van der Waals surface area contributed by atoms with Crippen molar-refractivity contribution in [3.05, 3.63) is 69.1 Å². The zero-order valence-electron chi connectivity index (χ0n) is 18.1. The van der Waals surface area contributed by atoms with Gasteiger partial charge in [-0.15, -0.1) is 0 Å². The summed E-state index contributed by atoms with van der Waals surface area (Å²) in [5.41, 5.74) is 1.52. The number of pyridine rings is 1. The number of carbonyl (C=O) groups is 2. The highest BCUT2D eigenvalue weighted by Gasteiger charge is 2.28. The molecule has 0 aliphatic carbocycles. The molecule has 0 bridgehead atoms. The molecule has 1 atom stereocenters. The molecule has 1 saturated heterocycles. The molecule has 166 valence electrons. The summed E-state index contributed by atoms with van der Waals surface area (Å²) in [6, 6.07) is 15.1. The number of likely N-dealkylation sites (tertiary alicyclic amines) is 1. The lowest BCUT2D eigenvalue weighted by Crippen LogP contribution is -2.41. The molecular weight excluding hydrogens is 472 g/mol. The standard InChI is InChI=1S/C25H25BrN2O4/c1-16(29)27-12-6-7-17(14-27)15-28-23(25(31)32-2)22(18-8-4-3-5-9-18)21-13-19(26)10-11-20(21)24(28)30/h3-5,8-11,13,17H,6-7,12,14-15H2,1-2H3. The number of rotatable bonds is 4. The van der Waals surface area contributed by atoms with Crippen LogP contribution in [0.4, 0.5) is 0 Å². The fraction of sp³-hybridized carbons (Fsp3) is 0.320. The third-order valence-electron chi connectivity index (χ3n) is 6.08. The zero-order valence-corrected chi connectivity index (χ0v) is 19.7. The van der Waals surface area contributed by atoms with Gasteiger partial charge in [-0.05, 0) is 47.9 Å². The highest BCUT2D eigenvalue weighted by molar-refractivity contribution is 9.10. The summed E-state index contributed by atoms with van der Waals surface area (Å²) in [7, 11) is 1.33. The van der Waals surface area contributed by atoms with Crippen LogP contribution in [0.15, 0.2) is 57.8 Å². The van der Waals surface area contributed by atoms with Gasteiger partial charge in [0.05, 0.1) is 7.11 Å². The van der Waals surface area contributed by atoms with E-state index in [4.69, 9.17) is 4.74 Å². The molecule has 7 heteroatoms. The number of amides is 1. The van der Waals surface area contributed by atoms with Crippen LogP contribution >= 0.6 is 15.9 Å². The Bertz CT molecular complexity index is 1240. The first kappa shape index (κ1) is 22.3. The molecule has 1 aliphatic heterocycles. The Kier molecular flexibility index (Phi) is 6.46. The van der Waals surface area contributed by atoms with Crippen LogP contribution in [-0.2, 0) is 16.1 Å². The third kappa shape index (κ3) is 4.21. The Morgan fingerprint density at radius 2 is 1.88 bits per heavy atom. The van der Waals surface area contributed by atoms with E-state index in [1.807, 2.05) is 47.4 Å². The second-order valence-electron chi connectivity index (χ2n) is 8.16. The lowest BCUT2D eigenvalue weighted by molar-refractivity contribution is -0.130. The maximum absolute atomic E-state index is 13.6. The van der Waals surface area contributed by atoms with Crippen LogP contribution in [-0.4, -0.2) is 41.5 Å². The molecule has 4 rings (SSSR count). The molecule has 3 aromatic rings. The Balaban J connectivity index is 1.97. The summed E-state index contributed by atoms with van der Waals surface area (Å²) in [5, 5.41) is 1.24. The van der Waals surface area contributed by atoms with Crippen LogP contribution < -0.4 is 5.56 Å². The predicted octanol–water partition coefficient (Wildman–Crippen LogP) is 4.48. The van der Waals surface area contributed by atoms with Crippen LogP contribution in [0.5, 0.6) is 0 Å². The van der Waals surface area contributed by atoms with Crippen molar-refractivity contribution in [2.45, 2.75) is 26.3 Å². The highest BCUT2D eigenvalue weighted by atomic mass is 79.9. The second kappa shape index (κ2) is 9.28. The first-order valence-corrected chi connectivity index (χ1v) is 11.4. The number of piperidine rings is 1. The Hall–Kier alpha value is -2.93. The number of ether oxygens (including phenoxy) is 1. The maximum Gasteiger partial charge on any atom is 0.355 e. The molecule has 32 heavy (non-hydrogen) atoms. The Morgan fingerprint density at radius 1 is 1.12 bits per heavy atom. The molecule has 0 N–H and O–H groups in total. The summed E-state index contributed by atoms with van der Waals surface area (Å²) in [5.74, 6) is -0.448. The number of halogens is 1. The molecule has 6 nitrogen and oxygen atoms in total. The van der Waals surface area contributed by atoms with Crippen molar-refractivity contribution in [1.29, 1.82) is 0 Å². The van der Waals surface area contributed by atoms with E-state index in [9.17, 15) is 14.4 Å². The van der Waals surface area contributed by atoms with E-state index >= 15 is 0 Å². The zero-order chi connectivity index (χ0) is 22.8. The average molecular weight is 497 g/mol. The van der Waals surface area contributed by atoms with Crippen molar-refractivity contribution in [2.75, 3.05) is 20.2 Å². The van der Waals surface area contributed by atoms with Crippen molar-refractivity contribution in [1.82, 2.24) is 9.47 Å². The summed E-state index contributed by atoms with van der Waals surface area (Å²) in [6.45, 7) is 3.21. The van der Waals surface area contributed by atoms with E-state index in [1.165, 1.54) is 7.11 Å². The molecule has 1 fully saturated rings. The predicted molar refractivity (Wildman–Crippen MR) is 128 cm³/mol. The minimum Gasteiger partial charge on any atom is -0.464 e. The van der Waals surface area contributed by atoms with Crippen LogP contribution in [0, 0.1) is 5.92 Å². The minimum absolute atomic E-state index is 0.0311. The van der Waals surface area contributed by atoms with E-state index in [-0.39, 0.29) is 23.1 Å². The Labute approximate surface area is 194 Å². The van der Waals surface area contributed by atoms with Gasteiger partial charge in [-0.25, -0.2) is 4.79 Å². The number of aromatic nitrogens is 1. The first-order chi connectivity index (χ1) is 15.4. The van der Waals surface area contributed by atoms with Gasteiger partial charge >= 0.3 is 5.97 Å². The normalized spacial score (nSPS) is 16.2. The van der Waals surface area contributed by atoms with Gasteiger partial charge < -0.3 is 14.2 Å². The topological polar surface area (TPSA) is 68.6 Å². The quantitative estimate of drug-likeness (QED) is 0.499. The second-order valence-corrected chi connectivity index (χ2v) is 9.08. The molecule has 0 spiro atoms. The van der Waals surface area contributed by atoms with Crippen LogP contribution in [0.1, 0.15) is 30.3 Å². The van der Waals surface area contributed by atoms with Crippen LogP contribution in [0.2, 0.25) is 0 Å². The molecule has 0 radical (unpaired) electrons. The van der Waals surface area contributed by atoms with E-state index in [2.05, 4.69) is 15.9 Å². The van der Waals surface area contributed by atoms with Crippen molar-refractivity contribution in [2.24, 2.45) is 5.92 Å². The molecule has 1 amide bonds. The van der Waals surface area contributed by atoms with Crippen LogP contribution in [0.3, 0.4) is 0 Å². The summed E-state index contributed by atoms with van der Waals surface area (Å²) >= 11 is 3.50. The fourth-order valence-electron chi connectivity index (χ4n) is 4.56. The van der Waals surface area contributed by atoms with Crippen molar-refractivity contribution < 1.29 is 14.3 Å². The highest BCUT2D eigenvalue weighted by Crippen LogP contribution is 2.33. The van der Waals surface area contributed by atoms with E-state index < -0.39 is 5.97 Å². The van der Waals surface area contributed by atoms with E-state index in [0.29, 0.717) is 29.4 Å². The number of esters is 1. The fourth-order valence-corrected chi connectivity index (χ4v) is 4.92. The number of fused-ring (bicyclic) bond motifs is 1. The van der Waals surface area contributed by atoms with Crippen LogP contribution in [0.25, 0.3) is 21.9 Å². The lowest BCUT2D eigenvalue weighted by Gasteiger charge is -2.33. The molecule has 0 saturated carbocycles. The first-order valence-electron chi connectivity index (χ1n) is 10.7. The van der Waals surface area contributed by atoms with Gasteiger partial charge in [0, 0.05) is 42.0 Å². The van der Waals surface area contributed by atoms with Gasteiger partial charge in [0.1, 0.15) is 5.69 Å². The molecule has 1 aromatic heterocycles. The molecular formula is C25H25BrN2O4. The largest absolute Gasteiger partial charge is 0.464 e. The van der Waals surface area contributed by atoms with Gasteiger partial charge in [-0.1, -0.05) is 46.3 Å². The van der Waals surface area contributed by atoms with Gasteiger partial charge in [0.15, 0.2) is 0 Å². The van der Waals surface area contributed by atoms with Gasteiger partial charge in [-0.2, -0.15) is 0 Å². The molecule has 1 unspecified atom stereocenters. The lowest BCUT2D eigenvalue weighted by atomic mass is 9.94. The smallest absolute Gasteiger partial charge is 0.355 e. The number of methoxy groups -OCH3 is 1. The summed E-state index contributed by atoms with van der Waals surface area (Å²) in [4.78, 5) is 40.4. The molecule has 1 aliphatic rings. The van der Waals surface area contributed by atoms with Crippen molar-refractivity contribution >= 4 is 38.6 Å². The number of hydrogen-bond acceptors (Lipinski definition) is 4. The monoisotopic (exact) mass is 496 g/mol. The van der Waals surface area contributed by atoms with Crippen molar-refractivity contribution in [3.8, 4) is 11.1 Å².